The van der Waals surface area contributed by atoms with Crippen molar-refractivity contribution in [2.75, 3.05) is 13.2 Å². The molecule has 0 spiro atoms. The summed E-state index contributed by atoms with van der Waals surface area (Å²) in [5, 5.41) is 0. The zero-order valence-corrected chi connectivity index (χ0v) is 15.0. The number of hydrogen-bond acceptors (Lipinski definition) is 2. The van der Waals surface area contributed by atoms with E-state index in [2.05, 4.69) is 12.7 Å². The summed E-state index contributed by atoms with van der Waals surface area (Å²) in [4.78, 5) is 0. The van der Waals surface area contributed by atoms with E-state index >= 15 is 0 Å². The fourth-order valence-corrected chi connectivity index (χ4v) is 2.59. The molecule has 0 aromatic carbocycles. The van der Waals surface area contributed by atoms with Gasteiger partial charge in [0.15, 0.2) is 6.29 Å². The highest BCUT2D eigenvalue weighted by molar-refractivity contribution is 4.96. The second-order valence-electron chi connectivity index (χ2n) is 5.76. The van der Waals surface area contributed by atoms with E-state index in [4.69, 9.17) is 9.47 Å². The van der Waals surface area contributed by atoms with Gasteiger partial charge in [0.05, 0.1) is 0 Å². The van der Waals surface area contributed by atoms with E-state index in [9.17, 15) is 0 Å². The van der Waals surface area contributed by atoms with Gasteiger partial charge in [-0.15, -0.1) is 0 Å². The first-order valence-electron chi connectivity index (χ1n) is 9.35. The molecule has 0 fully saturated rings. The summed E-state index contributed by atoms with van der Waals surface area (Å²) in [6.07, 6.45) is 20.5. The van der Waals surface area contributed by atoms with Crippen LogP contribution in [0.1, 0.15) is 84.5 Å². The number of allylic oxidation sites excluding steroid dienone is 3. The predicted octanol–water partition coefficient (Wildman–Crippen LogP) is 6.42. The van der Waals surface area contributed by atoms with Crippen LogP contribution in [0.3, 0.4) is 0 Å². The lowest BCUT2D eigenvalue weighted by Crippen LogP contribution is -2.17. The van der Waals surface area contributed by atoms with Crippen LogP contribution < -0.4 is 0 Å². The largest absolute Gasteiger partial charge is 0.353 e. The standard InChI is InChI=1S/C20H38O2/c1-4-7-8-9-10-11-12-13-14-15-16-17-18-19-20(21-5-2)22-6-3/h4,7-8,20H,1,5-6,9-19H2,2-3H3/b8-7+. The molecular weight excluding hydrogens is 272 g/mol. The fraction of sp³-hybridized carbons (Fsp3) is 0.800. The minimum Gasteiger partial charge on any atom is -0.353 e. The topological polar surface area (TPSA) is 18.5 Å². The van der Waals surface area contributed by atoms with Crippen molar-refractivity contribution in [3.63, 3.8) is 0 Å². The van der Waals surface area contributed by atoms with Crippen LogP contribution in [-0.4, -0.2) is 19.5 Å². The molecule has 0 radical (unpaired) electrons. The van der Waals surface area contributed by atoms with Gasteiger partial charge >= 0.3 is 0 Å². The van der Waals surface area contributed by atoms with E-state index in [0.29, 0.717) is 0 Å². The molecule has 0 bridgehead atoms. The normalized spacial score (nSPS) is 11.6. The van der Waals surface area contributed by atoms with Gasteiger partial charge in [0.25, 0.3) is 0 Å². The van der Waals surface area contributed by atoms with Crippen molar-refractivity contribution in [3.8, 4) is 0 Å². The average Bonchev–Trinajstić information content (AvgIpc) is 2.52. The predicted molar refractivity (Wildman–Crippen MR) is 97.2 cm³/mol. The monoisotopic (exact) mass is 310 g/mol. The van der Waals surface area contributed by atoms with Crippen molar-refractivity contribution < 1.29 is 9.47 Å². The molecule has 0 N–H and O–H groups in total. The van der Waals surface area contributed by atoms with E-state index in [1.165, 1.54) is 64.2 Å². The molecule has 0 saturated heterocycles. The Morgan fingerprint density at radius 1 is 0.773 bits per heavy atom. The van der Waals surface area contributed by atoms with Gasteiger partial charge in [0.1, 0.15) is 0 Å². The molecule has 0 saturated carbocycles. The van der Waals surface area contributed by atoms with Crippen LogP contribution in [0, 0.1) is 0 Å². The Balaban J connectivity index is 3.22. The maximum absolute atomic E-state index is 5.56. The van der Waals surface area contributed by atoms with Gasteiger partial charge in [-0.2, -0.15) is 0 Å². The molecule has 0 aliphatic carbocycles. The van der Waals surface area contributed by atoms with Gasteiger partial charge in [-0.3, -0.25) is 0 Å². The van der Waals surface area contributed by atoms with Crippen LogP contribution in [0.5, 0.6) is 0 Å². The number of hydrogen-bond donors (Lipinski definition) is 0. The lowest BCUT2D eigenvalue weighted by Gasteiger charge is -2.16. The van der Waals surface area contributed by atoms with Gasteiger partial charge in [0.2, 0.25) is 0 Å². The van der Waals surface area contributed by atoms with Crippen molar-refractivity contribution in [2.24, 2.45) is 0 Å². The summed E-state index contributed by atoms with van der Waals surface area (Å²) in [6.45, 7) is 9.22. The summed E-state index contributed by atoms with van der Waals surface area (Å²) in [5.74, 6) is 0. The van der Waals surface area contributed by atoms with Gasteiger partial charge in [-0.1, -0.05) is 69.8 Å². The maximum Gasteiger partial charge on any atom is 0.157 e. The zero-order chi connectivity index (χ0) is 16.3. The number of unbranched alkanes of at least 4 members (excludes halogenated alkanes) is 9. The fourth-order valence-electron chi connectivity index (χ4n) is 2.59. The zero-order valence-electron chi connectivity index (χ0n) is 15.0. The van der Waals surface area contributed by atoms with E-state index in [-0.39, 0.29) is 6.29 Å². The quantitative estimate of drug-likeness (QED) is 0.175. The Kier molecular flexibility index (Phi) is 17.9. The van der Waals surface area contributed by atoms with Crippen molar-refractivity contribution in [2.45, 2.75) is 90.8 Å². The molecule has 0 heterocycles. The molecule has 0 unspecified atom stereocenters. The first-order valence-corrected chi connectivity index (χ1v) is 9.35. The molecule has 2 heteroatoms. The summed E-state index contributed by atoms with van der Waals surface area (Å²) < 4.78 is 11.1. The molecule has 2 nitrogen and oxygen atoms in total. The Labute approximate surface area is 139 Å². The number of rotatable bonds is 17. The van der Waals surface area contributed by atoms with E-state index in [1.807, 2.05) is 26.0 Å². The molecule has 0 aromatic heterocycles. The third-order valence-corrected chi connectivity index (χ3v) is 3.79. The van der Waals surface area contributed by atoms with Crippen LogP contribution in [0.4, 0.5) is 0 Å². The van der Waals surface area contributed by atoms with E-state index in [1.54, 1.807) is 0 Å². The van der Waals surface area contributed by atoms with E-state index in [0.717, 1.165) is 19.6 Å². The Hall–Kier alpha value is -0.600. The highest BCUT2D eigenvalue weighted by atomic mass is 16.7. The van der Waals surface area contributed by atoms with Crippen LogP contribution in [0.2, 0.25) is 0 Å². The average molecular weight is 311 g/mol. The van der Waals surface area contributed by atoms with Crippen molar-refractivity contribution in [1.29, 1.82) is 0 Å². The summed E-state index contributed by atoms with van der Waals surface area (Å²) in [7, 11) is 0. The second-order valence-corrected chi connectivity index (χ2v) is 5.76. The Morgan fingerprint density at radius 3 is 1.77 bits per heavy atom. The molecule has 0 aliphatic heterocycles. The van der Waals surface area contributed by atoms with Gasteiger partial charge in [-0.25, -0.2) is 0 Å². The first-order chi connectivity index (χ1) is 10.8. The summed E-state index contributed by atoms with van der Waals surface area (Å²) in [6, 6.07) is 0. The van der Waals surface area contributed by atoms with Gasteiger partial charge < -0.3 is 9.47 Å². The third kappa shape index (κ3) is 15.8. The molecular formula is C20H38O2. The molecule has 0 amide bonds. The van der Waals surface area contributed by atoms with Crippen molar-refractivity contribution in [3.05, 3.63) is 24.8 Å². The van der Waals surface area contributed by atoms with Crippen LogP contribution in [-0.2, 0) is 9.47 Å². The third-order valence-electron chi connectivity index (χ3n) is 3.79. The molecule has 22 heavy (non-hydrogen) atoms. The molecule has 130 valence electrons. The van der Waals surface area contributed by atoms with E-state index < -0.39 is 0 Å². The molecule has 0 atom stereocenters. The first kappa shape index (κ1) is 21.4. The molecule has 0 rings (SSSR count). The second kappa shape index (κ2) is 18.4. The van der Waals surface area contributed by atoms with Gasteiger partial charge in [-0.05, 0) is 39.5 Å². The summed E-state index contributed by atoms with van der Waals surface area (Å²) in [5.41, 5.74) is 0. The van der Waals surface area contributed by atoms with Gasteiger partial charge in [0, 0.05) is 13.2 Å². The van der Waals surface area contributed by atoms with Crippen LogP contribution in [0.15, 0.2) is 24.8 Å². The van der Waals surface area contributed by atoms with Crippen LogP contribution >= 0.6 is 0 Å². The SMILES string of the molecule is C=C/C=C/CCCCCCCCCCCC(OCC)OCC. The highest BCUT2D eigenvalue weighted by Gasteiger charge is 2.06. The van der Waals surface area contributed by atoms with Crippen molar-refractivity contribution in [1.82, 2.24) is 0 Å². The minimum absolute atomic E-state index is 0.0186. The molecule has 0 aromatic rings. The minimum atomic E-state index is 0.0186. The Bertz CT molecular complexity index is 242. The maximum atomic E-state index is 5.56. The lowest BCUT2D eigenvalue weighted by molar-refractivity contribution is -0.140. The smallest absolute Gasteiger partial charge is 0.157 e. The lowest BCUT2D eigenvalue weighted by atomic mass is 10.1. The Morgan fingerprint density at radius 2 is 1.27 bits per heavy atom. The van der Waals surface area contributed by atoms with Crippen LogP contribution in [0.25, 0.3) is 0 Å². The number of ether oxygens (including phenoxy) is 2. The summed E-state index contributed by atoms with van der Waals surface area (Å²) >= 11 is 0. The molecule has 0 aliphatic rings. The highest BCUT2D eigenvalue weighted by Crippen LogP contribution is 2.13. The van der Waals surface area contributed by atoms with Crippen molar-refractivity contribution >= 4 is 0 Å².